The van der Waals surface area contributed by atoms with Crippen molar-refractivity contribution in [1.29, 1.82) is 0 Å². The molecule has 4 atom stereocenters. The molecular formula is C16H26BrF3N4O. The van der Waals surface area contributed by atoms with E-state index in [4.69, 9.17) is 0 Å². The normalized spacial score (nSPS) is 36.2. The van der Waals surface area contributed by atoms with Crippen LogP contribution < -0.4 is 10.9 Å². The van der Waals surface area contributed by atoms with Crippen molar-refractivity contribution in [2.45, 2.75) is 42.7 Å². The SMILES string of the molecule is O=C1NNCC(N2CCN(CC3CCCC(C(F)(F)F)C3)CC2)C1Br. The van der Waals surface area contributed by atoms with E-state index in [1.165, 1.54) is 0 Å². The molecule has 3 aliphatic rings. The molecule has 0 aromatic heterocycles. The third kappa shape index (κ3) is 4.87. The van der Waals surface area contributed by atoms with Crippen LogP contribution in [0.4, 0.5) is 13.2 Å². The molecule has 9 heteroatoms. The Morgan fingerprint density at radius 1 is 1.16 bits per heavy atom. The second kappa shape index (κ2) is 8.10. The Balaban J connectivity index is 1.45. The summed E-state index contributed by atoms with van der Waals surface area (Å²) in [4.78, 5) is 16.1. The fourth-order valence-corrected chi connectivity index (χ4v) is 4.94. The summed E-state index contributed by atoms with van der Waals surface area (Å²) in [6, 6.07) is 0.111. The molecule has 2 aliphatic heterocycles. The lowest BCUT2D eigenvalue weighted by Crippen LogP contribution is -2.64. The maximum Gasteiger partial charge on any atom is 0.391 e. The van der Waals surface area contributed by atoms with Crippen LogP contribution in [0.5, 0.6) is 0 Å². The first-order valence-electron chi connectivity index (χ1n) is 9.04. The van der Waals surface area contributed by atoms with Crippen LogP contribution in [-0.2, 0) is 4.79 Å². The number of halogens is 4. The van der Waals surface area contributed by atoms with E-state index < -0.39 is 12.1 Å². The monoisotopic (exact) mass is 426 g/mol. The van der Waals surface area contributed by atoms with Gasteiger partial charge in [0.15, 0.2) is 0 Å². The van der Waals surface area contributed by atoms with Gasteiger partial charge in [-0.15, -0.1) is 0 Å². The zero-order chi connectivity index (χ0) is 18.0. The van der Waals surface area contributed by atoms with Gasteiger partial charge in [-0.3, -0.25) is 15.1 Å². The quantitative estimate of drug-likeness (QED) is 0.674. The number of rotatable bonds is 3. The van der Waals surface area contributed by atoms with E-state index >= 15 is 0 Å². The molecule has 0 aromatic rings. The van der Waals surface area contributed by atoms with Crippen LogP contribution in [-0.4, -0.2) is 72.0 Å². The van der Waals surface area contributed by atoms with Crippen LogP contribution in [0.3, 0.4) is 0 Å². The summed E-state index contributed by atoms with van der Waals surface area (Å²) in [6.07, 6.45) is -1.89. The summed E-state index contributed by atoms with van der Waals surface area (Å²) in [5, 5.41) is 0. The summed E-state index contributed by atoms with van der Waals surface area (Å²) in [5.74, 6) is -1.02. The first-order chi connectivity index (χ1) is 11.8. The van der Waals surface area contributed by atoms with Gasteiger partial charge in [0.2, 0.25) is 5.91 Å². The number of alkyl halides is 4. The highest BCUT2D eigenvalue weighted by molar-refractivity contribution is 9.10. The van der Waals surface area contributed by atoms with E-state index in [9.17, 15) is 18.0 Å². The molecule has 4 unspecified atom stereocenters. The summed E-state index contributed by atoms with van der Waals surface area (Å²) >= 11 is 3.46. The third-order valence-electron chi connectivity index (χ3n) is 5.75. The Bertz CT molecular complexity index is 471. The van der Waals surface area contributed by atoms with Gasteiger partial charge in [-0.1, -0.05) is 22.4 Å². The van der Waals surface area contributed by atoms with E-state index in [0.717, 1.165) is 39.1 Å². The molecule has 144 valence electrons. The number of carbonyl (C=O) groups excluding carboxylic acids is 1. The highest BCUT2D eigenvalue weighted by Gasteiger charge is 2.42. The fraction of sp³-hybridized carbons (Fsp3) is 0.938. The van der Waals surface area contributed by atoms with Gasteiger partial charge < -0.3 is 4.90 Å². The molecule has 3 fully saturated rings. The highest BCUT2D eigenvalue weighted by Crippen LogP contribution is 2.40. The summed E-state index contributed by atoms with van der Waals surface area (Å²) in [7, 11) is 0. The molecular weight excluding hydrogens is 401 g/mol. The lowest BCUT2D eigenvalue weighted by atomic mass is 9.80. The van der Waals surface area contributed by atoms with Gasteiger partial charge in [0.1, 0.15) is 4.83 Å². The largest absolute Gasteiger partial charge is 0.391 e. The minimum Gasteiger partial charge on any atom is -0.301 e. The van der Waals surface area contributed by atoms with Crippen molar-refractivity contribution in [1.82, 2.24) is 20.7 Å². The first-order valence-corrected chi connectivity index (χ1v) is 9.96. The van der Waals surface area contributed by atoms with E-state index in [2.05, 4.69) is 36.6 Å². The number of hydrogen-bond acceptors (Lipinski definition) is 4. The van der Waals surface area contributed by atoms with Crippen molar-refractivity contribution in [2.24, 2.45) is 11.8 Å². The maximum absolute atomic E-state index is 13.0. The lowest BCUT2D eigenvalue weighted by Gasteiger charge is -2.43. The van der Waals surface area contributed by atoms with Crippen LogP contribution in [0, 0.1) is 11.8 Å². The molecule has 1 saturated carbocycles. The van der Waals surface area contributed by atoms with Crippen LogP contribution in [0.2, 0.25) is 0 Å². The van der Waals surface area contributed by atoms with Gasteiger partial charge in [0.25, 0.3) is 0 Å². The Kier molecular flexibility index (Phi) is 6.28. The van der Waals surface area contributed by atoms with Crippen molar-refractivity contribution in [2.75, 3.05) is 39.3 Å². The number of amides is 1. The molecule has 0 spiro atoms. The van der Waals surface area contributed by atoms with Crippen molar-refractivity contribution < 1.29 is 18.0 Å². The Morgan fingerprint density at radius 2 is 1.88 bits per heavy atom. The minimum absolute atomic E-state index is 0.0564. The average molecular weight is 427 g/mol. The molecule has 2 heterocycles. The number of nitrogens with zero attached hydrogens (tertiary/aromatic N) is 2. The Labute approximate surface area is 154 Å². The second-order valence-electron chi connectivity index (χ2n) is 7.45. The molecule has 2 N–H and O–H groups in total. The molecule has 0 radical (unpaired) electrons. The molecule has 5 nitrogen and oxygen atoms in total. The van der Waals surface area contributed by atoms with Crippen LogP contribution in [0.25, 0.3) is 0 Å². The van der Waals surface area contributed by atoms with Gasteiger partial charge in [-0.2, -0.15) is 13.2 Å². The van der Waals surface area contributed by atoms with Crippen LogP contribution >= 0.6 is 15.9 Å². The van der Waals surface area contributed by atoms with Gasteiger partial charge >= 0.3 is 6.18 Å². The summed E-state index contributed by atoms with van der Waals surface area (Å²) in [5.41, 5.74) is 5.53. The maximum atomic E-state index is 13.0. The van der Waals surface area contributed by atoms with Crippen LogP contribution in [0.15, 0.2) is 0 Å². The van der Waals surface area contributed by atoms with Crippen molar-refractivity contribution in [3.05, 3.63) is 0 Å². The van der Waals surface area contributed by atoms with Crippen LogP contribution in [0.1, 0.15) is 25.7 Å². The number of hydrazine groups is 1. The Hall–Kier alpha value is -0.380. The minimum atomic E-state index is -4.04. The van der Waals surface area contributed by atoms with Gasteiger partial charge in [-0.05, 0) is 25.2 Å². The third-order valence-corrected chi connectivity index (χ3v) is 6.78. The fourth-order valence-electron chi connectivity index (χ4n) is 4.30. The second-order valence-corrected chi connectivity index (χ2v) is 8.43. The van der Waals surface area contributed by atoms with Crippen molar-refractivity contribution >= 4 is 21.8 Å². The number of nitrogens with one attached hydrogen (secondary N) is 2. The molecule has 0 aromatic carbocycles. The standard InChI is InChI=1S/C16H26BrF3N4O/c17-14-13(9-21-22-15(14)25)24-6-4-23(5-7-24)10-11-2-1-3-12(8-11)16(18,19)20/h11-14,21H,1-10H2,(H,22,25). The Morgan fingerprint density at radius 3 is 2.56 bits per heavy atom. The molecule has 3 rings (SSSR count). The van der Waals surface area contributed by atoms with Crippen molar-refractivity contribution in [3.8, 4) is 0 Å². The number of hydrogen-bond donors (Lipinski definition) is 2. The molecule has 1 aliphatic carbocycles. The van der Waals surface area contributed by atoms with E-state index in [0.29, 0.717) is 13.0 Å². The average Bonchev–Trinajstić information content (AvgIpc) is 2.58. The van der Waals surface area contributed by atoms with E-state index in [1.807, 2.05) is 0 Å². The van der Waals surface area contributed by atoms with Gasteiger partial charge in [0.05, 0.1) is 5.92 Å². The molecule has 2 saturated heterocycles. The predicted octanol–water partition coefficient (Wildman–Crippen LogP) is 1.74. The smallest absolute Gasteiger partial charge is 0.301 e. The number of carbonyl (C=O) groups is 1. The lowest BCUT2D eigenvalue weighted by molar-refractivity contribution is -0.186. The topological polar surface area (TPSA) is 47.6 Å². The number of piperazine rings is 1. The molecule has 0 bridgehead atoms. The van der Waals surface area contributed by atoms with Gasteiger partial charge in [-0.25, -0.2) is 5.43 Å². The zero-order valence-corrected chi connectivity index (χ0v) is 15.8. The summed E-state index contributed by atoms with van der Waals surface area (Å²) < 4.78 is 38.9. The van der Waals surface area contributed by atoms with E-state index in [-0.39, 0.29) is 35.5 Å². The molecule has 1 amide bonds. The molecule has 25 heavy (non-hydrogen) atoms. The zero-order valence-electron chi connectivity index (χ0n) is 14.2. The highest BCUT2D eigenvalue weighted by atomic mass is 79.9. The van der Waals surface area contributed by atoms with Crippen molar-refractivity contribution in [3.63, 3.8) is 0 Å². The first kappa shape index (κ1) is 19.4. The summed E-state index contributed by atoms with van der Waals surface area (Å²) in [6.45, 7) is 4.85. The predicted molar refractivity (Wildman–Crippen MR) is 92.2 cm³/mol. The van der Waals surface area contributed by atoms with Gasteiger partial charge in [0, 0.05) is 45.3 Å². The van der Waals surface area contributed by atoms with E-state index in [1.54, 1.807) is 0 Å².